The Morgan fingerprint density at radius 1 is 1.24 bits per heavy atom. The number of amides is 1. The summed E-state index contributed by atoms with van der Waals surface area (Å²) in [5, 5.41) is 19.0. The summed E-state index contributed by atoms with van der Waals surface area (Å²) >= 11 is 1.56. The molecule has 1 fully saturated rings. The Morgan fingerprint density at radius 3 is 2.73 bits per heavy atom. The number of morpholine rings is 1. The number of carbonyl (C=O) groups is 1. The third-order valence-corrected chi connectivity index (χ3v) is 6.60. The van der Waals surface area contributed by atoms with Crippen LogP contribution >= 0.6 is 11.3 Å². The van der Waals surface area contributed by atoms with Crippen LogP contribution in [0, 0.1) is 0 Å². The maximum atomic E-state index is 14.2. The van der Waals surface area contributed by atoms with E-state index >= 15 is 0 Å². The van der Waals surface area contributed by atoms with Gasteiger partial charge in [0.2, 0.25) is 0 Å². The van der Waals surface area contributed by atoms with E-state index in [0.717, 1.165) is 35.5 Å². The van der Waals surface area contributed by atoms with Crippen LogP contribution in [0.25, 0.3) is 10.2 Å². The Balaban J connectivity index is 0.00000186. The van der Waals surface area contributed by atoms with Gasteiger partial charge < -0.3 is 25.8 Å². The summed E-state index contributed by atoms with van der Waals surface area (Å²) in [4.78, 5) is 23.8. The number of benzene rings is 1. The zero-order valence-corrected chi connectivity index (χ0v) is 22.7. The summed E-state index contributed by atoms with van der Waals surface area (Å²) in [6.45, 7) is 11.0. The van der Waals surface area contributed by atoms with Crippen molar-refractivity contribution in [3.05, 3.63) is 41.5 Å². The lowest BCUT2D eigenvalue weighted by molar-refractivity contribution is -0.00177. The number of nitrogens with zero attached hydrogens (tertiary/aromatic N) is 3. The summed E-state index contributed by atoms with van der Waals surface area (Å²) in [6, 6.07) is 7.63. The molecule has 1 amide bonds. The molecule has 0 unspecified atom stereocenters. The molecular formula is C26H37FN6O3S. The lowest BCUT2D eigenvalue weighted by atomic mass is 10.0. The molecule has 4 N–H and O–H groups in total. The maximum absolute atomic E-state index is 14.2. The predicted octanol–water partition coefficient (Wildman–Crippen LogP) is 4.04. The molecule has 0 spiro atoms. The van der Waals surface area contributed by atoms with E-state index < -0.39 is 17.7 Å². The molecule has 1 aromatic carbocycles. The normalized spacial score (nSPS) is 15.0. The van der Waals surface area contributed by atoms with E-state index in [-0.39, 0.29) is 6.54 Å². The van der Waals surface area contributed by atoms with Crippen molar-refractivity contribution < 1.29 is 19.0 Å². The van der Waals surface area contributed by atoms with Crippen molar-refractivity contribution in [2.45, 2.75) is 39.5 Å². The minimum Gasteiger partial charge on any atom is -0.387 e. The summed E-state index contributed by atoms with van der Waals surface area (Å²) in [7, 11) is 0. The van der Waals surface area contributed by atoms with Gasteiger partial charge in [0.25, 0.3) is 5.91 Å². The molecule has 4 rings (SSSR count). The number of ether oxygens (including phenoxy) is 1. The molecule has 1 atom stereocenters. The number of aromatic nitrogens is 2. The molecule has 9 nitrogen and oxygen atoms in total. The van der Waals surface area contributed by atoms with Gasteiger partial charge in [0.05, 0.1) is 52.3 Å². The number of carbonyl (C=O) groups excluding carboxylic acids is 1. The average molecular weight is 533 g/mol. The molecule has 3 heterocycles. The molecule has 0 aliphatic carbocycles. The number of aliphatic hydroxyl groups is 1. The van der Waals surface area contributed by atoms with Crippen LogP contribution in [0.2, 0.25) is 0 Å². The topological polar surface area (TPSA) is 112 Å². The van der Waals surface area contributed by atoms with Gasteiger partial charge >= 0.3 is 0 Å². The number of halogens is 1. The SMILES string of the molecule is CC.CC(C)(O)[C@H](F)CNC(=O)c1cnc(Nc2ccc3ncsc3c2)cc1NCCN1CCOCC1. The summed E-state index contributed by atoms with van der Waals surface area (Å²) < 4.78 is 20.6. The quantitative estimate of drug-likeness (QED) is 0.310. The van der Waals surface area contributed by atoms with Gasteiger partial charge in [-0.05, 0) is 32.0 Å². The molecule has 2 aromatic heterocycles. The number of hydrogen-bond donors (Lipinski definition) is 4. The first-order valence-electron chi connectivity index (χ1n) is 12.6. The number of anilines is 3. The highest BCUT2D eigenvalue weighted by molar-refractivity contribution is 7.16. The lowest BCUT2D eigenvalue weighted by Crippen LogP contribution is -2.42. The van der Waals surface area contributed by atoms with Crippen LogP contribution in [0.1, 0.15) is 38.1 Å². The molecular weight excluding hydrogens is 495 g/mol. The van der Waals surface area contributed by atoms with Crippen molar-refractivity contribution in [3.8, 4) is 0 Å². The van der Waals surface area contributed by atoms with Crippen LogP contribution in [-0.2, 0) is 4.74 Å². The van der Waals surface area contributed by atoms with E-state index in [0.29, 0.717) is 36.8 Å². The Hall–Kier alpha value is -2.86. The third kappa shape index (κ3) is 8.32. The molecule has 3 aromatic rings. The highest BCUT2D eigenvalue weighted by atomic mass is 32.1. The molecule has 0 saturated carbocycles. The van der Waals surface area contributed by atoms with Crippen molar-refractivity contribution in [2.75, 3.05) is 56.6 Å². The number of pyridine rings is 1. The predicted molar refractivity (Wildman–Crippen MR) is 148 cm³/mol. The van der Waals surface area contributed by atoms with Gasteiger partial charge in [-0.1, -0.05) is 13.8 Å². The number of rotatable bonds is 10. The monoisotopic (exact) mass is 532 g/mol. The van der Waals surface area contributed by atoms with Gasteiger partial charge in [0, 0.05) is 44.1 Å². The lowest BCUT2D eigenvalue weighted by Gasteiger charge is -2.27. The summed E-state index contributed by atoms with van der Waals surface area (Å²) in [5.74, 6) is 0.107. The summed E-state index contributed by atoms with van der Waals surface area (Å²) in [5.41, 5.74) is 2.94. The Labute approximate surface area is 221 Å². The van der Waals surface area contributed by atoms with Crippen LogP contribution in [0.15, 0.2) is 36.0 Å². The molecule has 37 heavy (non-hydrogen) atoms. The Kier molecular flexibility index (Phi) is 10.6. The second-order valence-corrected chi connectivity index (χ2v) is 9.87. The number of nitrogens with one attached hydrogen (secondary N) is 3. The fourth-order valence-corrected chi connectivity index (χ4v) is 4.35. The molecule has 11 heteroatoms. The van der Waals surface area contributed by atoms with E-state index in [1.807, 2.05) is 32.0 Å². The van der Waals surface area contributed by atoms with Crippen molar-refractivity contribution in [2.24, 2.45) is 0 Å². The number of hydrogen-bond acceptors (Lipinski definition) is 9. The average Bonchev–Trinajstić information content (AvgIpc) is 3.36. The van der Waals surface area contributed by atoms with Gasteiger partial charge in [-0.2, -0.15) is 0 Å². The zero-order chi connectivity index (χ0) is 26.8. The number of thiazole rings is 1. The smallest absolute Gasteiger partial charge is 0.255 e. The molecule has 202 valence electrons. The number of fused-ring (bicyclic) bond motifs is 1. The van der Waals surface area contributed by atoms with Crippen LogP contribution in [0.5, 0.6) is 0 Å². The first kappa shape index (κ1) is 28.7. The van der Waals surface area contributed by atoms with Gasteiger partial charge in [-0.25, -0.2) is 14.4 Å². The van der Waals surface area contributed by atoms with Crippen LogP contribution in [0.4, 0.5) is 21.6 Å². The molecule has 1 aliphatic rings. The van der Waals surface area contributed by atoms with Crippen molar-refractivity contribution in [3.63, 3.8) is 0 Å². The van der Waals surface area contributed by atoms with Crippen LogP contribution in [-0.4, -0.2) is 83.6 Å². The molecule has 0 bridgehead atoms. The molecule has 1 saturated heterocycles. The van der Waals surface area contributed by atoms with Crippen molar-refractivity contribution in [1.29, 1.82) is 0 Å². The van der Waals surface area contributed by atoms with E-state index in [1.54, 1.807) is 22.9 Å². The first-order valence-corrected chi connectivity index (χ1v) is 13.5. The largest absolute Gasteiger partial charge is 0.387 e. The van der Waals surface area contributed by atoms with Gasteiger partial charge in [0.15, 0.2) is 0 Å². The van der Waals surface area contributed by atoms with E-state index in [4.69, 9.17) is 4.74 Å². The Morgan fingerprint density at radius 2 is 2.00 bits per heavy atom. The highest BCUT2D eigenvalue weighted by Crippen LogP contribution is 2.26. The third-order valence-electron chi connectivity index (χ3n) is 5.81. The fraction of sp³-hybridized carbons (Fsp3) is 0.500. The highest BCUT2D eigenvalue weighted by Gasteiger charge is 2.27. The van der Waals surface area contributed by atoms with Gasteiger partial charge in [-0.3, -0.25) is 9.69 Å². The van der Waals surface area contributed by atoms with Crippen molar-refractivity contribution in [1.82, 2.24) is 20.2 Å². The van der Waals surface area contributed by atoms with Crippen molar-refractivity contribution >= 4 is 44.7 Å². The van der Waals surface area contributed by atoms with E-state index in [2.05, 4.69) is 30.8 Å². The summed E-state index contributed by atoms with van der Waals surface area (Å²) in [6.07, 6.45) is -0.128. The minimum atomic E-state index is -1.60. The Bertz CT molecular complexity index is 1150. The standard InChI is InChI=1S/C24H31FN6O3S.C2H6/c1-24(2,33)21(25)14-28-23(32)17-13-27-22(30-16-3-4-18-20(11-16)35-15-29-18)12-19(17)26-5-6-31-7-9-34-10-8-31;1-2/h3-4,11-13,15,21,33H,5-10,14H2,1-2H3,(H,28,32)(H2,26,27,30);1-2H3/t21-;/m1./s1. The second-order valence-electron chi connectivity index (χ2n) is 8.99. The number of alkyl halides is 1. The minimum absolute atomic E-state index is 0.301. The van der Waals surface area contributed by atoms with Gasteiger partial charge in [-0.15, -0.1) is 11.3 Å². The van der Waals surface area contributed by atoms with Gasteiger partial charge in [0.1, 0.15) is 12.0 Å². The van der Waals surface area contributed by atoms with Crippen LogP contribution in [0.3, 0.4) is 0 Å². The van der Waals surface area contributed by atoms with E-state index in [1.165, 1.54) is 20.0 Å². The second kappa shape index (κ2) is 13.6. The van der Waals surface area contributed by atoms with Crippen LogP contribution < -0.4 is 16.0 Å². The fourth-order valence-electron chi connectivity index (χ4n) is 3.63. The molecule has 0 radical (unpaired) electrons. The first-order chi connectivity index (χ1) is 17.8. The zero-order valence-electron chi connectivity index (χ0n) is 21.9. The molecule has 1 aliphatic heterocycles. The van der Waals surface area contributed by atoms with E-state index in [9.17, 15) is 14.3 Å². The maximum Gasteiger partial charge on any atom is 0.255 e.